The van der Waals surface area contributed by atoms with Crippen molar-refractivity contribution in [3.8, 4) is 0 Å². The van der Waals surface area contributed by atoms with E-state index in [1.165, 1.54) is 67.7 Å². The van der Waals surface area contributed by atoms with Crippen molar-refractivity contribution < 1.29 is 4.84 Å². The highest BCUT2D eigenvalue weighted by atomic mass is 16.6. The summed E-state index contributed by atoms with van der Waals surface area (Å²) in [7, 11) is 0. The molecular weight excluding hydrogens is 296 g/mol. The summed E-state index contributed by atoms with van der Waals surface area (Å²) < 4.78 is 0. The number of hydrogen-bond donors (Lipinski definition) is 1. The molecule has 1 aromatic rings. The van der Waals surface area contributed by atoms with E-state index >= 15 is 0 Å². The lowest BCUT2D eigenvalue weighted by molar-refractivity contribution is 0.163. The number of anilines is 2. The van der Waals surface area contributed by atoms with Gasteiger partial charge < -0.3 is 4.90 Å². The first-order valence-corrected chi connectivity index (χ1v) is 9.71. The zero-order chi connectivity index (χ0) is 17.2. The summed E-state index contributed by atoms with van der Waals surface area (Å²) in [5, 5.41) is 0. The molecule has 3 nitrogen and oxygen atoms in total. The quantitative estimate of drug-likeness (QED) is 0.574. The molecule has 0 aromatic heterocycles. The minimum Gasteiger partial charge on any atom is -0.371 e. The van der Waals surface area contributed by atoms with Crippen LogP contribution in [0.5, 0.6) is 0 Å². The lowest BCUT2D eigenvalue weighted by Gasteiger charge is -2.37. The Hall–Kier alpha value is -1.22. The van der Waals surface area contributed by atoms with Gasteiger partial charge in [-0.15, -0.1) is 0 Å². The number of nitrogens with one attached hydrogen (secondary N) is 1. The molecule has 1 atom stereocenters. The van der Waals surface area contributed by atoms with Crippen molar-refractivity contribution in [1.82, 2.24) is 0 Å². The minimum atomic E-state index is 0.402. The third-order valence-electron chi connectivity index (χ3n) is 5.27. The standard InChI is InChI=1S/C21H34N2O/c1-16(15-21(2,3)4)11-14-24-22-19-10-9-17-7-5-12-23-13-6-8-18(19)20(17)23/h9-10,16,22H,5-8,11-15H2,1-4H3. The highest BCUT2D eigenvalue weighted by Gasteiger charge is 2.25. The van der Waals surface area contributed by atoms with Crippen LogP contribution in [0.25, 0.3) is 0 Å². The molecule has 0 fully saturated rings. The lowest BCUT2D eigenvalue weighted by atomic mass is 9.84. The van der Waals surface area contributed by atoms with E-state index in [1.807, 2.05) is 0 Å². The van der Waals surface area contributed by atoms with Crippen molar-refractivity contribution in [1.29, 1.82) is 0 Å². The van der Waals surface area contributed by atoms with Gasteiger partial charge in [-0.1, -0.05) is 33.8 Å². The van der Waals surface area contributed by atoms with Gasteiger partial charge in [0.2, 0.25) is 0 Å². The second kappa shape index (κ2) is 7.35. The number of benzene rings is 1. The van der Waals surface area contributed by atoms with Crippen molar-refractivity contribution in [2.24, 2.45) is 11.3 Å². The molecule has 0 radical (unpaired) electrons. The van der Waals surface area contributed by atoms with Gasteiger partial charge in [0.1, 0.15) is 0 Å². The fourth-order valence-electron chi connectivity index (χ4n) is 4.41. The molecule has 1 N–H and O–H groups in total. The van der Waals surface area contributed by atoms with Crippen LogP contribution in [0.15, 0.2) is 12.1 Å². The van der Waals surface area contributed by atoms with Crippen molar-refractivity contribution in [2.75, 3.05) is 30.1 Å². The van der Waals surface area contributed by atoms with Gasteiger partial charge in [-0.25, -0.2) is 0 Å². The molecule has 0 saturated carbocycles. The summed E-state index contributed by atoms with van der Waals surface area (Å²) in [6, 6.07) is 4.52. The average molecular weight is 331 g/mol. The van der Waals surface area contributed by atoms with Crippen LogP contribution in [0.2, 0.25) is 0 Å². The van der Waals surface area contributed by atoms with Gasteiger partial charge in [-0.2, -0.15) is 0 Å². The van der Waals surface area contributed by atoms with E-state index in [0.717, 1.165) is 13.0 Å². The molecular formula is C21H34N2O. The smallest absolute Gasteiger partial charge is 0.0748 e. The predicted octanol–water partition coefficient (Wildman–Crippen LogP) is 5.19. The summed E-state index contributed by atoms with van der Waals surface area (Å²) in [5.74, 6) is 0.698. The Morgan fingerprint density at radius 3 is 2.67 bits per heavy atom. The van der Waals surface area contributed by atoms with Crippen molar-refractivity contribution in [3.63, 3.8) is 0 Å². The van der Waals surface area contributed by atoms with Crippen molar-refractivity contribution >= 4 is 11.4 Å². The van der Waals surface area contributed by atoms with Gasteiger partial charge in [0.05, 0.1) is 12.3 Å². The first kappa shape index (κ1) is 17.6. The maximum Gasteiger partial charge on any atom is 0.0748 e. The summed E-state index contributed by atoms with van der Waals surface area (Å²) in [6.07, 6.45) is 7.30. The normalized spacial score (nSPS) is 18.2. The topological polar surface area (TPSA) is 24.5 Å². The molecule has 0 amide bonds. The van der Waals surface area contributed by atoms with Gasteiger partial charge in [0, 0.05) is 24.3 Å². The van der Waals surface area contributed by atoms with E-state index in [4.69, 9.17) is 4.84 Å². The van der Waals surface area contributed by atoms with E-state index < -0.39 is 0 Å². The predicted molar refractivity (Wildman–Crippen MR) is 103 cm³/mol. The third kappa shape index (κ3) is 4.24. The molecule has 2 heterocycles. The Labute approximate surface area is 147 Å². The van der Waals surface area contributed by atoms with Crippen LogP contribution in [-0.2, 0) is 17.7 Å². The third-order valence-corrected chi connectivity index (χ3v) is 5.27. The number of nitrogens with zero attached hydrogens (tertiary/aromatic N) is 1. The molecule has 24 heavy (non-hydrogen) atoms. The van der Waals surface area contributed by atoms with Crippen LogP contribution in [0, 0.1) is 11.3 Å². The number of hydrogen-bond acceptors (Lipinski definition) is 3. The highest BCUT2D eigenvalue weighted by molar-refractivity contribution is 5.72. The monoisotopic (exact) mass is 330 g/mol. The van der Waals surface area contributed by atoms with E-state index in [1.54, 1.807) is 0 Å². The second-order valence-electron chi connectivity index (χ2n) is 8.90. The Kier molecular flexibility index (Phi) is 5.39. The van der Waals surface area contributed by atoms with E-state index in [2.05, 4.69) is 50.2 Å². The van der Waals surface area contributed by atoms with Crippen molar-refractivity contribution in [2.45, 2.75) is 66.2 Å². The SMILES string of the molecule is CC(CCONc1ccc2c3c1CCCN3CCC2)CC(C)(C)C. The molecule has 0 bridgehead atoms. The van der Waals surface area contributed by atoms with Crippen LogP contribution in [0.3, 0.4) is 0 Å². The zero-order valence-electron chi connectivity index (χ0n) is 16.0. The molecule has 3 heteroatoms. The molecule has 134 valence electrons. The lowest BCUT2D eigenvalue weighted by Crippen LogP contribution is -2.34. The van der Waals surface area contributed by atoms with Gasteiger partial charge in [0.25, 0.3) is 0 Å². The van der Waals surface area contributed by atoms with Gasteiger partial charge >= 0.3 is 0 Å². The Morgan fingerprint density at radius 2 is 1.92 bits per heavy atom. The highest BCUT2D eigenvalue weighted by Crippen LogP contribution is 2.39. The first-order valence-electron chi connectivity index (χ1n) is 9.71. The maximum absolute atomic E-state index is 5.83. The summed E-state index contributed by atoms with van der Waals surface area (Å²) in [6.45, 7) is 12.5. The molecule has 1 unspecified atom stereocenters. The van der Waals surface area contributed by atoms with E-state index in [9.17, 15) is 0 Å². The second-order valence-corrected chi connectivity index (χ2v) is 8.90. The first-order chi connectivity index (χ1) is 11.4. The number of rotatable bonds is 6. The Bertz CT molecular complexity index is 560. The molecule has 0 saturated heterocycles. The van der Waals surface area contributed by atoms with Gasteiger partial charge in [-0.3, -0.25) is 10.3 Å². The van der Waals surface area contributed by atoms with Crippen molar-refractivity contribution in [3.05, 3.63) is 23.3 Å². The van der Waals surface area contributed by atoms with Gasteiger partial charge in [-0.05, 0) is 61.5 Å². The molecule has 0 aliphatic carbocycles. The van der Waals surface area contributed by atoms with Crippen LogP contribution in [-0.4, -0.2) is 19.7 Å². The summed E-state index contributed by atoms with van der Waals surface area (Å²) in [4.78, 5) is 8.41. The maximum atomic E-state index is 5.83. The van der Waals surface area contributed by atoms with Crippen LogP contribution in [0.4, 0.5) is 11.4 Å². The summed E-state index contributed by atoms with van der Waals surface area (Å²) in [5.41, 5.74) is 9.35. The molecule has 3 rings (SSSR count). The van der Waals surface area contributed by atoms with Crippen LogP contribution >= 0.6 is 0 Å². The minimum absolute atomic E-state index is 0.402. The van der Waals surface area contributed by atoms with Crippen LogP contribution in [0.1, 0.15) is 64.5 Å². The Balaban J connectivity index is 1.56. The summed E-state index contributed by atoms with van der Waals surface area (Å²) >= 11 is 0. The van der Waals surface area contributed by atoms with Gasteiger partial charge in [0.15, 0.2) is 0 Å². The largest absolute Gasteiger partial charge is 0.371 e. The molecule has 2 aliphatic heterocycles. The van der Waals surface area contributed by atoms with Crippen LogP contribution < -0.4 is 10.4 Å². The molecule has 2 aliphatic rings. The number of aryl methyl sites for hydroxylation is 1. The fourth-order valence-corrected chi connectivity index (χ4v) is 4.41. The van der Waals surface area contributed by atoms with E-state index in [0.29, 0.717) is 11.3 Å². The molecule has 0 spiro atoms. The molecule has 1 aromatic carbocycles. The van der Waals surface area contributed by atoms with E-state index in [-0.39, 0.29) is 0 Å². The Morgan fingerprint density at radius 1 is 1.17 bits per heavy atom. The fraction of sp³-hybridized carbons (Fsp3) is 0.714. The zero-order valence-corrected chi connectivity index (χ0v) is 16.0. The average Bonchev–Trinajstić information content (AvgIpc) is 2.52.